The number of benzene rings is 8. The summed E-state index contributed by atoms with van der Waals surface area (Å²) in [6.07, 6.45) is 0. The zero-order chi connectivity index (χ0) is 34.3. The summed E-state index contributed by atoms with van der Waals surface area (Å²) in [5.41, 5.74) is 14.5. The van der Waals surface area contributed by atoms with Crippen molar-refractivity contribution in [1.29, 1.82) is 0 Å². The van der Waals surface area contributed by atoms with E-state index in [1.165, 1.54) is 93.4 Å². The number of aromatic nitrogens is 3. The van der Waals surface area contributed by atoms with Crippen molar-refractivity contribution in [3.8, 4) is 33.6 Å². The van der Waals surface area contributed by atoms with E-state index in [9.17, 15) is 0 Å². The minimum absolute atomic E-state index is 1.15. The molecule has 0 aliphatic heterocycles. The maximum Gasteiger partial charge on any atom is 0.0547 e. The smallest absolute Gasteiger partial charge is 0.0547 e. The third-order valence-corrected chi connectivity index (χ3v) is 11.1. The van der Waals surface area contributed by atoms with Crippen molar-refractivity contribution >= 4 is 65.4 Å². The van der Waals surface area contributed by atoms with Gasteiger partial charge in [0.15, 0.2) is 0 Å². The largest absolute Gasteiger partial charge is 0.344 e. The van der Waals surface area contributed by atoms with Gasteiger partial charge in [0.05, 0.1) is 22.1 Å². The normalized spacial score (nSPS) is 11.9. The van der Waals surface area contributed by atoms with Gasteiger partial charge in [0.2, 0.25) is 0 Å². The molecule has 3 heteroatoms. The van der Waals surface area contributed by atoms with E-state index >= 15 is 0 Å². The first kappa shape index (κ1) is 28.9. The molecule has 0 unspecified atom stereocenters. The first-order chi connectivity index (χ1) is 25.7. The van der Waals surface area contributed by atoms with E-state index in [4.69, 9.17) is 0 Å². The quantitative estimate of drug-likeness (QED) is 0.178. The molecule has 3 nitrogen and oxygen atoms in total. The maximum atomic E-state index is 2.44. The standard InChI is InChI=1S/C49H33N3/c1-50-43-20-10-8-17-38(43)40-26-23-32(29-46(40)50)33-24-28-42-48(30-33)52(36-15-6-3-7-16-36)45-22-12-19-37(49(42)45)34-25-27-41-39-18-9-11-21-44(39)51(47(41)31-34)35-13-4-2-5-14-35/h2-31H,1H3. The number of nitrogens with zero attached hydrogens (tertiary/aromatic N) is 3. The Morgan fingerprint density at radius 2 is 0.769 bits per heavy atom. The topological polar surface area (TPSA) is 14.8 Å². The second kappa shape index (κ2) is 11.1. The van der Waals surface area contributed by atoms with Gasteiger partial charge in [-0.2, -0.15) is 0 Å². The summed E-state index contributed by atoms with van der Waals surface area (Å²) in [6.45, 7) is 0. The molecule has 0 amide bonds. The molecule has 3 aromatic heterocycles. The van der Waals surface area contributed by atoms with Crippen LogP contribution in [0.25, 0.3) is 99.0 Å². The molecule has 0 bridgehead atoms. The van der Waals surface area contributed by atoms with Crippen LogP contribution in [0.3, 0.4) is 0 Å². The maximum absolute atomic E-state index is 2.44. The van der Waals surface area contributed by atoms with E-state index in [0.29, 0.717) is 0 Å². The Balaban J connectivity index is 1.16. The highest BCUT2D eigenvalue weighted by Gasteiger charge is 2.19. The van der Waals surface area contributed by atoms with E-state index in [0.717, 1.165) is 5.69 Å². The number of aryl methyl sites for hydroxylation is 1. The average Bonchev–Trinajstić information content (AvgIpc) is 3.83. The number of hydrogen-bond donors (Lipinski definition) is 0. The summed E-state index contributed by atoms with van der Waals surface area (Å²) in [5.74, 6) is 0. The Labute approximate surface area is 300 Å². The SMILES string of the molecule is Cn1c2ccccc2c2ccc(-c3ccc4c5c(-c6ccc7c8ccccc8n(-c8ccccc8)c7c6)cccc5n(-c5ccccc5)c4c3)cc21. The van der Waals surface area contributed by atoms with Crippen LogP contribution in [0.1, 0.15) is 0 Å². The van der Waals surface area contributed by atoms with Crippen molar-refractivity contribution in [2.45, 2.75) is 0 Å². The first-order valence-electron chi connectivity index (χ1n) is 17.9. The van der Waals surface area contributed by atoms with E-state index in [1.54, 1.807) is 0 Å². The number of para-hydroxylation sites is 4. The fourth-order valence-corrected chi connectivity index (χ4v) is 8.68. The van der Waals surface area contributed by atoms with Crippen molar-refractivity contribution in [2.24, 2.45) is 7.05 Å². The Bertz CT molecular complexity index is 3180. The fourth-order valence-electron chi connectivity index (χ4n) is 8.68. The monoisotopic (exact) mass is 663 g/mol. The van der Waals surface area contributed by atoms with Crippen LogP contribution in [0, 0.1) is 0 Å². The molecular formula is C49H33N3. The molecule has 8 aromatic carbocycles. The van der Waals surface area contributed by atoms with Crippen molar-refractivity contribution in [3.05, 3.63) is 182 Å². The van der Waals surface area contributed by atoms with Crippen LogP contribution in [0.5, 0.6) is 0 Å². The second-order valence-corrected chi connectivity index (χ2v) is 13.8. The van der Waals surface area contributed by atoms with E-state index in [-0.39, 0.29) is 0 Å². The summed E-state index contributed by atoms with van der Waals surface area (Å²) in [7, 11) is 2.17. The van der Waals surface area contributed by atoms with Gasteiger partial charge in [-0.25, -0.2) is 0 Å². The van der Waals surface area contributed by atoms with Gasteiger partial charge in [0, 0.05) is 61.8 Å². The number of fused-ring (bicyclic) bond motifs is 9. The molecule has 0 spiro atoms. The lowest BCUT2D eigenvalue weighted by atomic mass is 9.97. The van der Waals surface area contributed by atoms with Crippen LogP contribution in [0.15, 0.2) is 182 Å². The summed E-state index contributed by atoms with van der Waals surface area (Å²) >= 11 is 0. The molecule has 0 saturated carbocycles. The summed E-state index contributed by atoms with van der Waals surface area (Å²) < 4.78 is 7.15. The Hall–Kier alpha value is -6.84. The molecule has 0 saturated heterocycles. The predicted octanol–water partition coefficient (Wildman–Crippen LogP) is 12.9. The zero-order valence-electron chi connectivity index (χ0n) is 28.7. The lowest BCUT2D eigenvalue weighted by molar-refractivity contribution is 1.01. The van der Waals surface area contributed by atoms with Gasteiger partial charge >= 0.3 is 0 Å². The zero-order valence-corrected chi connectivity index (χ0v) is 28.7. The molecule has 52 heavy (non-hydrogen) atoms. The van der Waals surface area contributed by atoms with Crippen LogP contribution >= 0.6 is 0 Å². The third kappa shape index (κ3) is 4.14. The minimum atomic E-state index is 1.15. The molecule has 0 aliphatic rings. The molecule has 11 rings (SSSR count). The van der Waals surface area contributed by atoms with Crippen LogP contribution in [0.2, 0.25) is 0 Å². The van der Waals surface area contributed by atoms with Gasteiger partial charge in [-0.3, -0.25) is 0 Å². The summed E-state index contributed by atoms with van der Waals surface area (Å²) in [5, 5.41) is 7.61. The predicted molar refractivity (Wildman–Crippen MR) is 220 cm³/mol. The lowest BCUT2D eigenvalue weighted by Crippen LogP contribution is -1.94. The van der Waals surface area contributed by atoms with Crippen molar-refractivity contribution in [2.75, 3.05) is 0 Å². The molecule has 0 radical (unpaired) electrons. The molecule has 3 heterocycles. The summed E-state index contributed by atoms with van der Waals surface area (Å²) in [6, 6.07) is 66.6. The van der Waals surface area contributed by atoms with Gasteiger partial charge in [-0.05, 0) is 82.9 Å². The van der Waals surface area contributed by atoms with Gasteiger partial charge in [0.25, 0.3) is 0 Å². The molecular weight excluding hydrogens is 631 g/mol. The Morgan fingerprint density at radius 3 is 1.48 bits per heavy atom. The third-order valence-electron chi connectivity index (χ3n) is 11.1. The number of hydrogen-bond acceptors (Lipinski definition) is 0. The van der Waals surface area contributed by atoms with E-state index < -0.39 is 0 Å². The number of rotatable bonds is 4. The van der Waals surface area contributed by atoms with E-state index in [1.807, 2.05) is 0 Å². The highest BCUT2D eigenvalue weighted by atomic mass is 15.0. The van der Waals surface area contributed by atoms with E-state index in [2.05, 4.69) is 203 Å². The van der Waals surface area contributed by atoms with Crippen LogP contribution in [-0.2, 0) is 7.05 Å². The van der Waals surface area contributed by atoms with Gasteiger partial charge < -0.3 is 13.7 Å². The minimum Gasteiger partial charge on any atom is -0.344 e. The average molecular weight is 664 g/mol. The highest BCUT2D eigenvalue weighted by Crippen LogP contribution is 2.42. The van der Waals surface area contributed by atoms with Gasteiger partial charge in [-0.1, -0.05) is 121 Å². The van der Waals surface area contributed by atoms with Crippen LogP contribution in [-0.4, -0.2) is 13.7 Å². The second-order valence-electron chi connectivity index (χ2n) is 13.8. The van der Waals surface area contributed by atoms with Crippen LogP contribution < -0.4 is 0 Å². The van der Waals surface area contributed by atoms with Crippen molar-refractivity contribution < 1.29 is 0 Å². The van der Waals surface area contributed by atoms with Gasteiger partial charge in [-0.15, -0.1) is 0 Å². The van der Waals surface area contributed by atoms with Crippen LogP contribution in [0.4, 0.5) is 0 Å². The molecule has 0 N–H and O–H groups in total. The Morgan fingerprint density at radius 1 is 0.308 bits per heavy atom. The van der Waals surface area contributed by atoms with Gasteiger partial charge in [0.1, 0.15) is 0 Å². The fraction of sp³-hybridized carbons (Fsp3) is 0.0204. The molecule has 0 aliphatic carbocycles. The molecule has 0 fully saturated rings. The first-order valence-corrected chi connectivity index (χ1v) is 17.9. The Kier molecular flexibility index (Phi) is 6.17. The summed E-state index contributed by atoms with van der Waals surface area (Å²) in [4.78, 5) is 0. The van der Waals surface area contributed by atoms with Crippen molar-refractivity contribution in [3.63, 3.8) is 0 Å². The molecule has 244 valence electrons. The highest BCUT2D eigenvalue weighted by molar-refractivity contribution is 6.18. The molecule has 11 aromatic rings. The lowest BCUT2D eigenvalue weighted by Gasteiger charge is -2.10. The van der Waals surface area contributed by atoms with Crippen molar-refractivity contribution in [1.82, 2.24) is 13.7 Å². The molecule has 0 atom stereocenters.